The second-order valence-electron chi connectivity index (χ2n) is 11.7. The summed E-state index contributed by atoms with van der Waals surface area (Å²) in [6.07, 6.45) is 2.78. The second-order valence-corrected chi connectivity index (χ2v) is 11.7. The molecule has 8 rings (SSSR count). The molecule has 15 heteroatoms. The Balaban J connectivity index is 0.000000423. The van der Waals surface area contributed by atoms with Crippen molar-refractivity contribution in [3.05, 3.63) is 53.9 Å². The lowest BCUT2D eigenvalue weighted by Crippen LogP contribution is -2.68. The summed E-state index contributed by atoms with van der Waals surface area (Å²) >= 11 is 0. The number of hydrogen-bond acceptors (Lipinski definition) is 7. The first-order valence-electron chi connectivity index (χ1n) is 13.7. The molecule has 1 aliphatic heterocycles. The monoisotopic (exact) mass is 603 g/mol. The third-order valence-electron chi connectivity index (χ3n) is 8.14. The number of aliphatic hydroxyl groups is 1. The first-order valence-corrected chi connectivity index (χ1v) is 13.7. The summed E-state index contributed by atoms with van der Waals surface area (Å²) in [7, 11) is 0. The van der Waals surface area contributed by atoms with E-state index in [1.54, 1.807) is 23.7 Å². The van der Waals surface area contributed by atoms with E-state index in [9.17, 15) is 27.5 Å². The van der Waals surface area contributed by atoms with Crippen LogP contribution in [0.4, 0.5) is 28.9 Å². The minimum atomic E-state index is -5.08. The Morgan fingerprint density at radius 1 is 1.12 bits per heavy atom. The third kappa shape index (κ3) is 5.49. The largest absolute Gasteiger partial charge is 0.490 e. The van der Waals surface area contributed by atoms with Gasteiger partial charge in [-0.05, 0) is 43.7 Å². The van der Waals surface area contributed by atoms with Gasteiger partial charge < -0.3 is 30.1 Å². The van der Waals surface area contributed by atoms with Gasteiger partial charge in [-0.1, -0.05) is 0 Å². The van der Waals surface area contributed by atoms with Crippen molar-refractivity contribution in [2.75, 3.05) is 36.4 Å². The number of carboxylic acid groups (broad SMARTS) is 1. The predicted molar refractivity (Wildman–Crippen MR) is 148 cm³/mol. The van der Waals surface area contributed by atoms with Crippen LogP contribution < -0.4 is 15.5 Å². The number of pyridine rings is 1. The summed E-state index contributed by atoms with van der Waals surface area (Å²) in [5.74, 6) is -3.59. The van der Waals surface area contributed by atoms with Gasteiger partial charge in [0.25, 0.3) is 5.91 Å². The van der Waals surface area contributed by atoms with Gasteiger partial charge in [0.15, 0.2) is 11.5 Å². The molecule has 11 nitrogen and oxygen atoms in total. The Kier molecular flexibility index (Phi) is 6.84. The minimum absolute atomic E-state index is 0.115. The van der Waals surface area contributed by atoms with Crippen LogP contribution in [0.3, 0.4) is 0 Å². The van der Waals surface area contributed by atoms with Crippen LogP contribution in [-0.4, -0.2) is 79.2 Å². The molecule has 0 radical (unpaired) electrons. The number of aliphatic carboxylic acids is 1. The molecule has 3 saturated carbocycles. The molecule has 228 valence electrons. The second kappa shape index (κ2) is 10.2. The van der Waals surface area contributed by atoms with Gasteiger partial charge >= 0.3 is 12.1 Å². The molecule has 0 spiro atoms. The Bertz CT molecular complexity index is 1720. The maximum absolute atomic E-state index is 14.6. The first kappa shape index (κ1) is 28.9. The maximum atomic E-state index is 14.6. The number of nitrogens with zero attached hydrogens (tertiary/aromatic N) is 5. The SMILES string of the molecule is Cc1cn2cc(NC(=O)c3ccc(N4CCNCC4)c4cn(CC56CC(O)(C5)C6)nc34)cc(F)c2n1.O=C(O)C(F)(F)F. The van der Waals surface area contributed by atoms with Crippen LogP contribution in [0.25, 0.3) is 16.6 Å². The number of carbonyl (C=O) groups is 2. The number of aromatic nitrogens is 4. The van der Waals surface area contributed by atoms with Crippen molar-refractivity contribution in [2.24, 2.45) is 5.41 Å². The van der Waals surface area contributed by atoms with E-state index in [2.05, 4.69) is 20.5 Å². The number of fused-ring (bicyclic) bond motifs is 2. The molecule has 4 fully saturated rings. The molecule has 0 atom stereocenters. The fraction of sp³-hybridized carbons (Fsp3) is 0.429. The molecular formula is C28H29F4N7O4. The molecule has 0 unspecified atom stereocenters. The fourth-order valence-corrected chi connectivity index (χ4v) is 6.48. The van der Waals surface area contributed by atoms with Gasteiger partial charge in [-0.2, -0.15) is 18.3 Å². The Hall–Kier alpha value is -4.24. The Labute approximate surface area is 242 Å². The van der Waals surface area contributed by atoms with Crippen LogP contribution in [0.5, 0.6) is 0 Å². The van der Waals surface area contributed by atoms with E-state index in [0.717, 1.165) is 63.1 Å². The number of anilines is 2. The minimum Gasteiger partial charge on any atom is -0.475 e. The number of nitrogens with one attached hydrogen (secondary N) is 2. The molecule has 4 aromatic rings. The quantitative estimate of drug-likeness (QED) is 0.255. The number of halogens is 4. The Morgan fingerprint density at radius 3 is 2.42 bits per heavy atom. The molecule has 4 aliphatic rings. The van der Waals surface area contributed by atoms with Gasteiger partial charge in [0.05, 0.1) is 22.5 Å². The summed E-state index contributed by atoms with van der Waals surface area (Å²) in [6.45, 7) is 6.10. The van der Waals surface area contributed by atoms with Crippen LogP contribution in [0, 0.1) is 18.2 Å². The van der Waals surface area contributed by atoms with Crippen molar-refractivity contribution >= 4 is 39.8 Å². The molecule has 43 heavy (non-hydrogen) atoms. The smallest absolute Gasteiger partial charge is 0.475 e. The highest BCUT2D eigenvalue weighted by atomic mass is 19.4. The maximum Gasteiger partial charge on any atom is 0.490 e. The summed E-state index contributed by atoms with van der Waals surface area (Å²) in [6, 6.07) is 5.09. The number of aryl methyl sites for hydroxylation is 1. The summed E-state index contributed by atoms with van der Waals surface area (Å²) in [5, 5.41) is 29.3. The topological polar surface area (TPSA) is 137 Å². The summed E-state index contributed by atoms with van der Waals surface area (Å²) < 4.78 is 49.8. The van der Waals surface area contributed by atoms with E-state index >= 15 is 0 Å². The fourth-order valence-electron chi connectivity index (χ4n) is 6.48. The molecule has 4 heterocycles. The summed E-state index contributed by atoms with van der Waals surface area (Å²) in [4.78, 5) is 28.8. The van der Waals surface area contributed by atoms with E-state index < -0.39 is 23.6 Å². The lowest BCUT2D eigenvalue weighted by molar-refractivity contribution is -0.265. The molecule has 4 N–H and O–H groups in total. The summed E-state index contributed by atoms with van der Waals surface area (Å²) in [5.41, 5.74) is 3.07. The van der Waals surface area contributed by atoms with Gasteiger partial charge in [-0.15, -0.1) is 0 Å². The molecule has 2 bridgehead atoms. The van der Waals surface area contributed by atoms with Gasteiger partial charge in [-0.3, -0.25) is 9.48 Å². The molecular weight excluding hydrogens is 574 g/mol. The van der Waals surface area contributed by atoms with Crippen molar-refractivity contribution in [3.8, 4) is 0 Å². The number of piperazine rings is 1. The normalized spacial score (nSPS) is 22.9. The van der Waals surface area contributed by atoms with Crippen LogP contribution in [0.1, 0.15) is 35.3 Å². The molecule has 3 aromatic heterocycles. The van der Waals surface area contributed by atoms with E-state index in [1.165, 1.54) is 6.07 Å². The van der Waals surface area contributed by atoms with Crippen LogP contribution in [-0.2, 0) is 11.3 Å². The number of imidazole rings is 1. The Morgan fingerprint density at radius 2 is 1.79 bits per heavy atom. The lowest BCUT2D eigenvalue weighted by atomic mass is 9.41. The highest BCUT2D eigenvalue weighted by Crippen LogP contribution is 2.67. The van der Waals surface area contributed by atoms with Crippen LogP contribution >= 0.6 is 0 Å². The average Bonchev–Trinajstić information content (AvgIpc) is 3.50. The van der Waals surface area contributed by atoms with Crippen LogP contribution in [0.15, 0.2) is 36.8 Å². The van der Waals surface area contributed by atoms with Crippen molar-refractivity contribution in [1.29, 1.82) is 0 Å². The number of benzene rings is 1. The van der Waals surface area contributed by atoms with E-state index in [0.29, 0.717) is 22.5 Å². The van der Waals surface area contributed by atoms with Crippen molar-refractivity contribution < 1.29 is 37.4 Å². The number of amides is 1. The van der Waals surface area contributed by atoms with E-state index in [-0.39, 0.29) is 17.0 Å². The standard InChI is InChI=1S/C26H28FN7O2.C2HF3O2/c1-16-9-33-10-17(8-20(27)23(33)29-16)30-24(35)18-2-3-21(32-6-4-28-5-7-32)19-11-34(31-22(18)19)15-25-12-26(36,13-25)14-25;3-2(4,5)1(6)7/h2-3,8-11,28,36H,4-7,12-15H2,1H3,(H,30,35);(H,6,7). The zero-order valence-corrected chi connectivity index (χ0v) is 23.1. The number of carboxylic acids is 1. The van der Waals surface area contributed by atoms with Crippen LogP contribution in [0.2, 0.25) is 0 Å². The number of hydrogen-bond donors (Lipinski definition) is 4. The number of rotatable bonds is 5. The predicted octanol–water partition coefficient (Wildman–Crippen LogP) is 3.34. The zero-order valence-electron chi connectivity index (χ0n) is 23.1. The van der Waals surface area contributed by atoms with E-state index in [1.807, 2.05) is 23.0 Å². The highest BCUT2D eigenvalue weighted by molar-refractivity contribution is 6.13. The average molecular weight is 604 g/mol. The lowest BCUT2D eigenvalue weighted by Gasteiger charge is -2.67. The highest BCUT2D eigenvalue weighted by Gasteiger charge is 2.67. The van der Waals surface area contributed by atoms with Crippen molar-refractivity contribution in [3.63, 3.8) is 0 Å². The van der Waals surface area contributed by atoms with Gasteiger partial charge in [-0.25, -0.2) is 14.2 Å². The first-order chi connectivity index (χ1) is 20.2. The molecule has 3 aliphatic carbocycles. The van der Waals surface area contributed by atoms with Gasteiger partial charge in [0, 0.05) is 68.5 Å². The van der Waals surface area contributed by atoms with Gasteiger partial charge in [0.1, 0.15) is 5.52 Å². The van der Waals surface area contributed by atoms with Gasteiger partial charge in [0.2, 0.25) is 0 Å². The molecule has 1 aromatic carbocycles. The molecule has 1 saturated heterocycles. The number of carbonyl (C=O) groups excluding carboxylic acids is 1. The van der Waals surface area contributed by atoms with Crippen molar-refractivity contribution in [1.82, 2.24) is 24.5 Å². The van der Waals surface area contributed by atoms with E-state index in [4.69, 9.17) is 15.0 Å². The van der Waals surface area contributed by atoms with Crippen molar-refractivity contribution in [2.45, 2.75) is 44.5 Å². The molecule has 1 amide bonds. The number of alkyl halides is 3. The zero-order chi connectivity index (χ0) is 30.7. The third-order valence-corrected chi connectivity index (χ3v) is 8.14.